The minimum atomic E-state index is -0.136. The molecule has 0 saturated heterocycles. The van der Waals surface area contributed by atoms with Crippen molar-refractivity contribution in [3.63, 3.8) is 0 Å². The van der Waals surface area contributed by atoms with Crippen molar-refractivity contribution in [2.24, 2.45) is 0 Å². The van der Waals surface area contributed by atoms with Gasteiger partial charge < -0.3 is 10.3 Å². The Morgan fingerprint density at radius 1 is 1.50 bits per heavy atom. The fourth-order valence-electron chi connectivity index (χ4n) is 1.69. The molecule has 0 spiro atoms. The molecular formula is C13H16N4O. The number of hydrogen-bond acceptors (Lipinski definition) is 4. The standard InChI is InChI=1S/C13H16N4O/c1-3-11-16-12(7-13(18)17-11)15-9(2)10-5-4-6-14-8-10/h4-9H,3H2,1-2H3,(H2,15,16,17,18). The van der Waals surface area contributed by atoms with Crippen LogP contribution in [-0.2, 0) is 6.42 Å². The van der Waals surface area contributed by atoms with E-state index >= 15 is 0 Å². The highest BCUT2D eigenvalue weighted by Crippen LogP contribution is 2.15. The van der Waals surface area contributed by atoms with Gasteiger partial charge in [-0.3, -0.25) is 9.78 Å². The second-order valence-corrected chi connectivity index (χ2v) is 4.08. The highest BCUT2D eigenvalue weighted by molar-refractivity contribution is 5.36. The number of aryl methyl sites for hydroxylation is 1. The van der Waals surface area contributed by atoms with Crippen molar-refractivity contribution in [1.82, 2.24) is 15.0 Å². The summed E-state index contributed by atoms with van der Waals surface area (Å²) in [5.41, 5.74) is 0.917. The van der Waals surface area contributed by atoms with E-state index in [4.69, 9.17) is 0 Å². The van der Waals surface area contributed by atoms with Gasteiger partial charge in [-0.2, -0.15) is 0 Å². The molecule has 0 amide bonds. The van der Waals surface area contributed by atoms with Gasteiger partial charge in [-0.15, -0.1) is 0 Å². The molecule has 2 aromatic heterocycles. The quantitative estimate of drug-likeness (QED) is 0.861. The molecule has 0 aliphatic rings. The number of aromatic nitrogens is 3. The van der Waals surface area contributed by atoms with Crippen molar-refractivity contribution in [2.75, 3.05) is 5.32 Å². The van der Waals surface area contributed by atoms with Crippen LogP contribution in [0.3, 0.4) is 0 Å². The molecule has 1 unspecified atom stereocenters. The fraction of sp³-hybridized carbons (Fsp3) is 0.308. The van der Waals surface area contributed by atoms with Crippen LogP contribution >= 0.6 is 0 Å². The van der Waals surface area contributed by atoms with Crippen LogP contribution in [0, 0.1) is 0 Å². The van der Waals surface area contributed by atoms with Gasteiger partial charge >= 0.3 is 0 Å². The van der Waals surface area contributed by atoms with Crippen LogP contribution in [0.25, 0.3) is 0 Å². The largest absolute Gasteiger partial charge is 0.363 e. The van der Waals surface area contributed by atoms with Crippen molar-refractivity contribution in [2.45, 2.75) is 26.3 Å². The molecule has 0 aliphatic carbocycles. The molecule has 2 rings (SSSR count). The highest BCUT2D eigenvalue weighted by atomic mass is 16.1. The molecule has 0 saturated carbocycles. The van der Waals surface area contributed by atoms with E-state index in [2.05, 4.69) is 20.3 Å². The first kappa shape index (κ1) is 12.3. The lowest BCUT2D eigenvalue weighted by molar-refractivity contribution is 0.846. The first-order valence-corrected chi connectivity index (χ1v) is 5.95. The molecule has 1 atom stereocenters. The third-order valence-electron chi connectivity index (χ3n) is 2.67. The number of nitrogens with zero attached hydrogens (tertiary/aromatic N) is 2. The van der Waals surface area contributed by atoms with Gasteiger partial charge in [0.25, 0.3) is 5.56 Å². The molecule has 5 nitrogen and oxygen atoms in total. The maximum absolute atomic E-state index is 11.4. The van der Waals surface area contributed by atoms with Crippen LogP contribution in [0.5, 0.6) is 0 Å². The van der Waals surface area contributed by atoms with E-state index in [1.165, 1.54) is 6.07 Å². The molecular weight excluding hydrogens is 228 g/mol. The lowest BCUT2D eigenvalue weighted by Gasteiger charge is -2.14. The lowest BCUT2D eigenvalue weighted by atomic mass is 10.1. The first-order chi connectivity index (χ1) is 8.69. The Balaban J connectivity index is 2.19. The minimum absolute atomic E-state index is 0.0534. The number of rotatable bonds is 4. The Labute approximate surface area is 105 Å². The predicted molar refractivity (Wildman–Crippen MR) is 70.5 cm³/mol. The lowest BCUT2D eigenvalue weighted by Crippen LogP contribution is -2.15. The van der Waals surface area contributed by atoms with Crippen LogP contribution in [0.2, 0.25) is 0 Å². The van der Waals surface area contributed by atoms with E-state index in [1.54, 1.807) is 12.4 Å². The van der Waals surface area contributed by atoms with Crippen LogP contribution in [0.15, 0.2) is 35.4 Å². The summed E-state index contributed by atoms with van der Waals surface area (Å²) in [5, 5.41) is 3.20. The summed E-state index contributed by atoms with van der Waals surface area (Å²) in [4.78, 5) is 22.5. The number of H-pyrrole nitrogens is 1. The van der Waals surface area contributed by atoms with E-state index in [-0.39, 0.29) is 11.6 Å². The van der Waals surface area contributed by atoms with Crippen molar-refractivity contribution in [3.05, 3.63) is 52.3 Å². The predicted octanol–water partition coefficient (Wildman–Crippen LogP) is 1.90. The zero-order chi connectivity index (χ0) is 13.0. The molecule has 0 aliphatic heterocycles. The van der Waals surface area contributed by atoms with Gasteiger partial charge in [0.1, 0.15) is 11.6 Å². The first-order valence-electron chi connectivity index (χ1n) is 5.95. The third-order valence-corrected chi connectivity index (χ3v) is 2.67. The smallest absolute Gasteiger partial charge is 0.252 e. The van der Waals surface area contributed by atoms with Crippen LogP contribution < -0.4 is 10.9 Å². The number of pyridine rings is 1. The molecule has 94 valence electrons. The molecule has 0 radical (unpaired) electrons. The van der Waals surface area contributed by atoms with E-state index in [9.17, 15) is 4.79 Å². The SMILES string of the molecule is CCc1nc(NC(C)c2cccnc2)cc(=O)[nH]1. The van der Waals surface area contributed by atoms with Crippen molar-refractivity contribution in [3.8, 4) is 0 Å². The second-order valence-electron chi connectivity index (χ2n) is 4.08. The maximum atomic E-state index is 11.4. The van der Waals surface area contributed by atoms with Gasteiger partial charge in [0.2, 0.25) is 0 Å². The van der Waals surface area contributed by atoms with E-state index < -0.39 is 0 Å². The average Bonchev–Trinajstić information content (AvgIpc) is 2.39. The van der Waals surface area contributed by atoms with E-state index in [1.807, 2.05) is 26.0 Å². The number of nitrogens with one attached hydrogen (secondary N) is 2. The third kappa shape index (κ3) is 2.94. The molecule has 2 heterocycles. The van der Waals surface area contributed by atoms with Crippen molar-refractivity contribution >= 4 is 5.82 Å². The minimum Gasteiger partial charge on any atom is -0.363 e. The Bertz CT molecular complexity index is 565. The van der Waals surface area contributed by atoms with Crippen molar-refractivity contribution in [1.29, 1.82) is 0 Å². The van der Waals surface area contributed by atoms with Gasteiger partial charge in [0.15, 0.2) is 0 Å². The normalized spacial score (nSPS) is 12.1. The molecule has 2 N–H and O–H groups in total. The van der Waals surface area contributed by atoms with Crippen LogP contribution in [0.1, 0.15) is 31.3 Å². The number of aromatic amines is 1. The summed E-state index contributed by atoms with van der Waals surface area (Å²) in [5.74, 6) is 1.27. The summed E-state index contributed by atoms with van der Waals surface area (Å²) in [7, 11) is 0. The fourth-order valence-corrected chi connectivity index (χ4v) is 1.69. The van der Waals surface area contributed by atoms with E-state index in [0.29, 0.717) is 18.1 Å². The van der Waals surface area contributed by atoms with Gasteiger partial charge in [-0.1, -0.05) is 13.0 Å². The summed E-state index contributed by atoms with van der Waals surface area (Å²) in [6.45, 7) is 3.96. The average molecular weight is 244 g/mol. The molecule has 0 fully saturated rings. The molecule has 0 aromatic carbocycles. The van der Waals surface area contributed by atoms with Crippen LogP contribution in [-0.4, -0.2) is 15.0 Å². The molecule has 18 heavy (non-hydrogen) atoms. The number of hydrogen-bond donors (Lipinski definition) is 2. The molecule has 2 aromatic rings. The van der Waals surface area contributed by atoms with E-state index in [0.717, 1.165) is 5.56 Å². The Morgan fingerprint density at radius 2 is 2.33 bits per heavy atom. The molecule has 5 heteroatoms. The van der Waals surface area contributed by atoms with Gasteiger partial charge in [-0.05, 0) is 18.6 Å². The molecule has 0 bridgehead atoms. The highest BCUT2D eigenvalue weighted by Gasteiger charge is 2.07. The summed E-state index contributed by atoms with van der Waals surface area (Å²) >= 11 is 0. The van der Waals surface area contributed by atoms with Gasteiger partial charge in [0.05, 0.1) is 6.04 Å². The number of anilines is 1. The monoisotopic (exact) mass is 244 g/mol. The zero-order valence-electron chi connectivity index (χ0n) is 10.5. The van der Waals surface area contributed by atoms with Crippen molar-refractivity contribution < 1.29 is 0 Å². The Morgan fingerprint density at radius 3 is 3.00 bits per heavy atom. The Hall–Kier alpha value is -2.17. The van der Waals surface area contributed by atoms with Gasteiger partial charge in [0, 0.05) is 24.9 Å². The topological polar surface area (TPSA) is 70.7 Å². The summed E-state index contributed by atoms with van der Waals surface area (Å²) in [6, 6.07) is 5.39. The zero-order valence-corrected chi connectivity index (χ0v) is 10.5. The maximum Gasteiger partial charge on any atom is 0.252 e. The van der Waals surface area contributed by atoms with Crippen LogP contribution in [0.4, 0.5) is 5.82 Å². The summed E-state index contributed by atoms with van der Waals surface area (Å²) in [6.07, 6.45) is 4.23. The second kappa shape index (κ2) is 5.44. The summed E-state index contributed by atoms with van der Waals surface area (Å²) < 4.78 is 0. The van der Waals surface area contributed by atoms with Gasteiger partial charge in [-0.25, -0.2) is 4.98 Å². The Kier molecular flexibility index (Phi) is 3.72.